The Morgan fingerprint density at radius 2 is 1.91 bits per heavy atom. The molecule has 0 unspecified atom stereocenters. The SMILES string of the molecule is Nc1nc(CCC(=O)N2CCN(c3ccc(F)cc3)CC2)cs1. The van der Waals surface area contributed by atoms with Crippen molar-refractivity contribution in [2.45, 2.75) is 12.8 Å². The maximum Gasteiger partial charge on any atom is 0.223 e. The number of anilines is 2. The molecule has 1 aromatic heterocycles. The van der Waals surface area contributed by atoms with Gasteiger partial charge in [0, 0.05) is 43.7 Å². The smallest absolute Gasteiger partial charge is 0.223 e. The van der Waals surface area contributed by atoms with E-state index in [9.17, 15) is 9.18 Å². The average molecular weight is 334 g/mol. The van der Waals surface area contributed by atoms with Crippen molar-refractivity contribution < 1.29 is 9.18 Å². The fourth-order valence-corrected chi connectivity index (χ4v) is 3.29. The number of nitrogens with zero attached hydrogens (tertiary/aromatic N) is 3. The molecule has 23 heavy (non-hydrogen) atoms. The molecule has 1 saturated heterocycles. The first kappa shape index (κ1) is 15.7. The van der Waals surface area contributed by atoms with E-state index in [0.29, 0.717) is 31.1 Å². The van der Waals surface area contributed by atoms with Crippen LogP contribution in [0.1, 0.15) is 12.1 Å². The van der Waals surface area contributed by atoms with Gasteiger partial charge in [-0.15, -0.1) is 11.3 Å². The van der Waals surface area contributed by atoms with E-state index in [-0.39, 0.29) is 11.7 Å². The van der Waals surface area contributed by atoms with E-state index in [0.717, 1.165) is 24.5 Å². The van der Waals surface area contributed by atoms with Crippen LogP contribution in [0.25, 0.3) is 0 Å². The molecule has 122 valence electrons. The highest BCUT2D eigenvalue weighted by Gasteiger charge is 2.21. The normalized spacial score (nSPS) is 15.0. The molecule has 1 fully saturated rings. The van der Waals surface area contributed by atoms with Crippen LogP contribution in [-0.4, -0.2) is 42.0 Å². The molecule has 5 nitrogen and oxygen atoms in total. The number of aromatic nitrogens is 1. The first-order valence-corrected chi connectivity index (χ1v) is 8.48. The Kier molecular flexibility index (Phi) is 4.76. The molecule has 0 aliphatic carbocycles. The number of nitrogen functional groups attached to an aromatic ring is 1. The summed E-state index contributed by atoms with van der Waals surface area (Å²) >= 11 is 1.40. The molecule has 2 heterocycles. The highest BCUT2D eigenvalue weighted by Crippen LogP contribution is 2.18. The van der Waals surface area contributed by atoms with Gasteiger partial charge >= 0.3 is 0 Å². The van der Waals surface area contributed by atoms with Crippen LogP contribution < -0.4 is 10.6 Å². The van der Waals surface area contributed by atoms with Crippen LogP contribution in [0.2, 0.25) is 0 Å². The number of benzene rings is 1. The van der Waals surface area contributed by atoms with Gasteiger partial charge in [0.15, 0.2) is 5.13 Å². The highest BCUT2D eigenvalue weighted by molar-refractivity contribution is 7.13. The third-order valence-electron chi connectivity index (χ3n) is 3.99. The van der Waals surface area contributed by atoms with Gasteiger partial charge < -0.3 is 15.5 Å². The van der Waals surface area contributed by atoms with E-state index < -0.39 is 0 Å². The van der Waals surface area contributed by atoms with Crippen molar-refractivity contribution >= 4 is 28.1 Å². The Morgan fingerprint density at radius 1 is 1.22 bits per heavy atom. The van der Waals surface area contributed by atoms with Crippen LogP contribution in [0.15, 0.2) is 29.6 Å². The van der Waals surface area contributed by atoms with Gasteiger partial charge in [0.05, 0.1) is 5.69 Å². The number of halogens is 1. The molecule has 1 aromatic carbocycles. The van der Waals surface area contributed by atoms with Gasteiger partial charge in [-0.25, -0.2) is 9.37 Å². The summed E-state index contributed by atoms with van der Waals surface area (Å²) in [5.74, 6) is -0.0828. The molecule has 0 bridgehead atoms. The zero-order chi connectivity index (χ0) is 16.2. The molecule has 0 radical (unpaired) electrons. The lowest BCUT2D eigenvalue weighted by Gasteiger charge is -2.36. The van der Waals surface area contributed by atoms with Crippen LogP contribution in [0.5, 0.6) is 0 Å². The van der Waals surface area contributed by atoms with Gasteiger partial charge in [-0.2, -0.15) is 0 Å². The third kappa shape index (κ3) is 3.98. The zero-order valence-corrected chi connectivity index (χ0v) is 13.6. The molecule has 0 saturated carbocycles. The molecule has 3 rings (SSSR count). The Balaban J connectivity index is 1.48. The van der Waals surface area contributed by atoms with Gasteiger partial charge in [-0.1, -0.05) is 0 Å². The predicted molar refractivity (Wildman–Crippen MR) is 90.0 cm³/mol. The molecule has 0 spiro atoms. The van der Waals surface area contributed by atoms with Crippen molar-refractivity contribution in [1.82, 2.24) is 9.88 Å². The maximum atomic E-state index is 13.0. The van der Waals surface area contributed by atoms with Crippen LogP contribution in [0.4, 0.5) is 15.2 Å². The Hall–Kier alpha value is -2.15. The Morgan fingerprint density at radius 3 is 2.52 bits per heavy atom. The number of rotatable bonds is 4. The number of piperazine rings is 1. The molecule has 7 heteroatoms. The first-order valence-electron chi connectivity index (χ1n) is 7.60. The van der Waals surface area contributed by atoms with E-state index in [4.69, 9.17) is 5.73 Å². The van der Waals surface area contributed by atoms with Gasteiger partial charge in [-0.05, 0) is 30.7 Å². The minimum absolute atomic E-state index is 0.148. The number of aryl methyl sites for hydroxylation is 1. The van der Waals surface area contributed by atoms with E-state index in [1.54, 1.807) is 12.1 Å². The lowest BCUT2D eigenvalue weighted by Crippen LogP contribution is -2.48. The predicted octanol–water partition coefficient (Wildman–Crippen LogP) is 2.15. The van der Waals surface area contributed by atoms with Crippen molar-refractivity contribution in [1.29, 1.82) is 0 Å². The summed E-state index contributed by atoms with van der Waals surface area (Å²) in [5, 5.41) is 2.44. The minimum atomic E-state index is -0.231. The average Bonchev–Trinajstić information content (AvgIpc) is 2.99. The monoisotopic (exact) mass is 334 g/mol. The Labute approximate surface area is 138 Å². The molecule has 2 aromatic rings. The molecular weight excluding hydrogens is 315 g/mol. The molecule has 0 atom stereocenters. The summed E-state index contributed by atoms with van der Waals surface area (Å²) in [7, 11) is 0. The highest BCUT2D eigenvalue weighted by atomic mass is 32.1. The summed E-state index contributed by atoms with van der Waals surface area (Å²) in [6.07, 6.45) is 1.09. The van der Waals surface area contributed by atoms with Crippen molar-refractivity contribution in [2.75, 3.05) is 36.8 Å². The number of nitrogens with two attached hydrogens (primary N) is 1. The second kappa shape index (κ2) is 6.95. The number of hydrogen-bond acceptors (Lipinski definition) is 5. The van der Waals surface area contributed by atoms with Crippen molar-refractivity contribution in [3.8, 4) is 0 Å². The maximum absolute atomic E-state index is 13.0. The summed E-state index contributed by atoms with van der Waals surface area (Å²) in [5.41, 5.74) is 7.47. The molecule has 2 N–H and O–H groups in total. The van der Waals surface area contributed by atoms with Crippen molar-refractivity contribution in [3.63, 3.8) is 0 Å². The fraction of sp³-hybridized carbons (Fsp3) is 0.375. The lowest BCUT2D eigenvalue weighted by atomic mass is 10.2. The molecule has 1 amide bonds. The molecular formula is C16H19FN4OS. The largest absolute Gasteiger partial charge is 0.375 e. The summed E-state index contributed by atoms with van der Waals surface area (Å²) in [6.45, 7) is 2.91. The van der Waals surface area contributed by atoms with E-state index in [1.807, 2.05) is 10.3 Å². The van der Waals surface area contributed by atoms with Crippen molar-refractivity contribution in [2.24, 2.45) is 0 Å². The van der Waals surface area contributed by atoms with Gasteiger partial charge in [0.1, 0.15) is 5.82 Å². The summed E-state index contributed by atoms with van der Waals surface area (Å²) in [4.78, 5) is 20.5. The third-order valence-corrected chi connectivity index (χ3v) is 4.71. The van der Waals surface area contributed by atoms with Crippen molar-refractivity contribution in [3.05, 3.63) is 41.2 Å². The van der Waals surface area contributed by atoms with Gasteiger partial charge in [-0.3, -0.25) is 4.79 Å². The number of amides is 1. The van der Waals surface area contributed by atoms with Crippen LogP contribution in [-0.2, 0) is 11.2 Å². The summed E-state index contributed by atoms with van der Waals surface area (Å²) in [6, 6.07) is 6.48. The zero-order valence-electron chi connectivity index (χ0n) is 12.7. The van der Waals surface area contributed by atoms with Gasteiger partial charge in [0.2, 0.25) is 5.91 Å². The quantitative estimate of drug-likeness (QED) is 0.930. The number of carbonyl (C=O) groups is 1. The topological polar surface area (TPSA) is 62.5 Å². The lowest BCUT2D eigenvalue weighted by molar-refractivity contribution is -0.131. The number of thiazole rings is 1. The van der Waals surface area contributed by atoms with E-state index in [1.165, 1.54) is 23.5 Å². The van der Waals surface area contributed by atoms with E-state index >= 15 is 0 Å². The fourth-order valence-electron chi connectivity index (χ4n) is 2.70. The van der Waals surface area contributed by atoms with Crippen LogP contribution >= 0.6 is 11.3 Å². The molecule has 1 aliphatic rings. The number of hydrogen-bond donors (Lipinski definition) is 1. The first-order chi connectivity index (χ1) is 11.1. The minimum Gasteiger partial charge on any atom is -0.375 e. The number of carbonyl (C=O) groups excluding carboxylic acids is 1. The van der Waals surface area contributed by atoms with Gasteiger partial charge in [0.25, 0.3) is 0 Å². The van der Waals surface area contributed by atoms with Crippen LogP contribution in [0, 0.1) is 5.82 Å². The molecule has 1 aliphatic heterocycles. The second-order valence-corrected chi connectivity index (χ2v) is 6.41. The standard InChI is InChI=1S/C16H19FN4OS/c17-12-1-4-14(5-2-12)20-7-9-21(10-8-20)15(22)6-3-13-11-23-16(18)19-13/h1-2,4-5,11H,3,6-10H2,(H2,18,19). The van der Waals surface area contributed by atoms with E-state index in [2.05, 4.69) is 9.88 Å². The van der Waals surface area contributed by atoms with Crippen LogP contribution in [0.3, 0.4) is 0 Å². The second-order valence-electron chi connectivity index (χ2n) is 5.52. The Bertz CT molecular complexity index is 665. The summed E-state index contributed by atoms with van der Waals surface area (Å²) < 4.78 is 13.0.